The van der Waals surface area contributed by atoms with Gasteiger partial charge in [0.05, 0.1) is 27.5 Å². The topological polar surface area (TPSA) is 84.3 Å². The number of nitrogens with one attached hydrogen (secondary N) is 1. The highest BCUT2D eigenvalue weighted by molar-refractivity contribution is 7.89. The Labute approximate surface area is 181 Å². The van der Waals surface area contributed by atoms with E-state index in [0.717, 1.165) is 0 Å². The van der Waals surface area contributed by atoms with Gasteiger partial charge >= 0.3 is 0 Å². The molecule has 0 saturated carbocycles. The van der Waals surface area contributed by atoms with Gasteiger partial charge in [-0.15, -0.1) is 0 Å². The molecule has 1 saturated heterocycles. The van der Waals surface area contributed by atoms with Crippen molar-refractivity contribution in [2.75, 3.05) is 18.4 Å². The lowest BCUT2D eigenvalue weighted by Gasteiger charge is -2.30. The molecule has 7 nitrogen and oxygen atoms in total. The minimum absolute atomic E-state index is 0.0826. The van der Waals surface area contributed by atoms with E-state index in [0.29, 0.717) is 18.5 Å². The summed E-state index contributed by atoms with van der Waals surface area (Å²) in [7, 11) is -3.82. The van der Waals surface area contributed by atoms with Crippen LogP contribution >= 0.6 is 23.2 Å². The molecule has 1 fully saturated rings. The number of amides is 1. The first-order valence-electron chi connectivity index (χ1n) is 9.30. The smallest absolute Gasteiger partial charge is 0.246 e. The molecular formula is C19H24Cl2N4O3S. The number of benzene rings is 1. The number of rotatable bonds is 4. The predicted molar refractivity (Wildman–Crippen MR) is 114 cm³/mol. The Morgan fingerprint density at radius 1 is 1.17 bits per heavy atom. The van der Waals surface area contributed by atoms with Crippen molar-refractivity contribution >= 4 is 44.8 Å². The van der Waals surface area contributed by atoms with Crippen LogP contribution in [-0.2, 0) is 20.4 Å². The van der Waals surface area contributed by atoms with Crippen molar-refractivity contribution in [1.29, 1.82) is 0 Å². The summed E-state index contributed by atoms with van der Waals surface area (Å²) in [6.07, 6.45) is 4.24. The number of carbonyl (C=O) groups is 1. The molecule has 3 rings (SSSR count). The number of anilines is 1. The van der Waals surface area contributed by atoms with E-state index in [1.165, 1.54) is 16.4 Å². The highest BCUT2D eigenvalue weighted by Crippen LogP contribution is 2.33. The minimum atomic E-state index is -3.82. The summed E-state index contributed by atoms with van der Waals surface area (Å²) in [6.45, 7) is 6.51. The average molecular weight is 459 g/mol. The van der Waals surface area contributed by atoms with Gasteiger partial charge in [-0.05, 0) is 45.7 Å². The lowest BCUT2D eigenvalue weighted by molar-refractivity contribution is -0.120. The maximum atomic E-state index is 12.9. The largest absolute Gasteiger partial charge is 0.323 e. The Kier molecular flexibility index (Phi) is 6.29. The van der Waals surface area contributed by atoms with Gasteiger partial charge in [0.1, 0.15) is 4.90 Å². The van der Waals surface area contributed by atoms with E-state index in [9.17, 15) is 13.2 Å². The SMILES string of the molecule is CC(C)(C)n1cc(NC(=O)C2CCN(S(=O)(=O)c3c(Cl)cccc3Cl)CC2)cn1. The zero-order valence-electron chi connectivity index (χ0n) is 16.5. The zero-order valence-corrected chi connectivity index (χ0v) is 18.9. The molecule has 1 amide bonds. The molecule has 0 spiro atoms. The molecule has 158 valence electrons. The third kappa shape index (κ3) is 4.77. The molecule has 1 aromatic carbocycles. The minimum Gasteiger partial charge on any atom is -0.323 e. The molecule has 0 bridgehead atoms. The van der Waals surface area contributed by atoms with Crippen LogP contribution in [-0.4, -0.2) is 41.5 Å². The lowest BCUT2D eigenvalue weighted by atomic mass is 9.97. The van der Waals surface area contributed by atoms with Crippen LogP contribution in [0.15, 0.2) is 35.5 Å². The van der Waals surface area contributed by atoms with E-state index in [2.05, 4.69) is 10.4 Å². The second kappa shape index (κ2) is 8.26. The molecule has 1 aliphatic heterocycles. The summed E-state index contributed by atoms with van der Waals surface area (Å²) in [5.74, 6) is -0.410. The Hall–Kier alpha value is -1.61. The van der Waals surface area contributed by atoms with Gasteiger partial charge in [0.2, 0.25) is 15.9 Å². The number of sulfonamides is 1. The monoisotopic (exact) mass is 458 g/mol. The molecule has 1 aromatic heterocycles. The Bertz CT molecular complexity index is 986. The number of nitrogens with zero attached hydrogens (tertiary/aromatic N) is 3. The molecule has 0 radical (unpaired) electrons. The van der Waals surface area contributed by atoms with Crippen LogP contribution in [0.5, 0.6) is 0 Å². The molecule has 2 heterocycles. The van der Waals surface area contributed by atoms with Crippen LogP contribution in [0.3, 0.4) is 0 Å². The van der Waals surface area contributed by atoms with Crippen molar-refractivity contribution in [2.45, 2.75) is 44.0 Å². The molecule has 29 heavy (non-hydrogen) atoms. The van der Waals surface area contributed by atoms with Crippen LogP contribution in [0.4, 0.5) is 5.69 Å². The summed E-state index contributed by atoms with van der Waals surface area (Å²) < 4.78 is 29.0. The summed E-state index contributed by atoms with van der Waals surface area (Å²) >= 11 is 12.1. The van der Waals surface area contributed by atoms with Crippen LogP contribution in [0.25, 0.3) is 0 Å². The Balaban J connectivity index is 1.64. The van der Waals surface area contributed by atoms with Crippen molar-refractivity contribution in [3.63, 3.8) is 0 Å². The molecule has 2 aromatic rings. The number of aromatic nitrogens is 2. The van der Waals surface area contributed by atoms with Crippen LogP contribution in [0, 0.1) is 5.92 Å². The van der Waals surface area contributed by atoms with Crippen LogP contribution in [0.2, 0.25) is 10.0 Å². The second-order valence-electron chi connectivity index (χ2n) is 8.06. The second-order valence-corrected chi connectivity index (χ2v) is 10.8. The third-order valence-electron chi connectivity index (χ3n) is 4.88. The Morgan fingerprint density at radius 3 is 2.28 bits per heavy atom. The fourth-order valence-electron chi connectivity index (χ4n) is 3.21. The van der Waals surface area contributed by atoms with Gasteiger partial charge in [-0.2, -0.15) is 9.40 Å². The molecule has 0 atom stereocenters. The number of carbonyl (C=O) groups excluding carboxylic acids is 1. The first-order chi connectivity index (χ1) is 13.5. The normalized spacial score (nSPS) is 16.7. The quantitative estimate of drug-likeness (QED) is 0.750. The van der Waals surface area contributed by atoms with Gasteiger partial charge in [0.25, 0.3) is 0 Å². The molecule has 0 aliphatic carbocycles. The summed E-state index contributed by atoms with van der Waals surface area (Å²) in [4.78, 5) is 12.5. The van der Waals surface area contributed by atoms with Gasteiger partial charge in [0, 0.05) is 25.2 Å². The van der Waals surface area contributed by atoms with Crippen molar-refractivity contribution < 1.29 is 13.2 Å². The zero-order chi connectivity index (χ0) is 21.4. The summed E-state index contributed by atoms with van der Waals surface area (Å²) in [5.41, 5.74) is 0.450. The molecule has 1 N–H and O–H groups in total. The molecule has 10 heteroatoms. The Morgan fingerprint density at radius 2 is 1.76 bits per heavy atom. The van der Waals surface area contributed by atoms with E-state index >= 15 is 0 Å². The number of halogens is 2. The van der Waals surface area contributed by atoms with E-state index in [1.807, 2.05) is 20.8 Å². The van der Waals surface area contributed by atoms with Crippen molar-refractivity contribution in [2.24, 2.45) is 5.92 Å². The molecule has 1 aliphatic rings. The first kappa shape index (κ1) is 22.1. The number of hydrogen-bond donors (Lipinski definition) is 1. The third-order valence-corrected chi connectivity index (χ3v) is 7.73. The number of hydrogen-bond acceptors (Lipinski definition) is 4. The van der Waals surface area contributed by atoms with E-state index < -0.39 is 10.0 Å². The van der Waals surface area contributed by atoms with Gasteiger partial charge in [-0.1, -0.05) is 29.3 Å². The maximum absolute atomic E-state index is 12.9. The standard InChI is InChI=1S/C19H24Cl2N4O3S/c1-19(2,3)25-12-14(11-22-25)23-18(26)13-7-9-24(10-8-13)29(27,28)17-15(20)5-4-6-16(17)21/h4-6,11-13H,7-10H2,1-3H3,(H,23,26). The highest BCUT2D eigenvalue weighted by atomic mass is 35.5. The summed E-state index contributed by atoms with van der Waals surface area (Å²) in [6, 6.07) is 4.60. The maximum Gasteiger partial charge on any atom is 0.246 e. The van der Waals surface area contributed by atoms with Crippen molar-refractivity contribution in [3.05, 3.63) is 40.6 Å². The van der Waals surface area contributed by atoms with Gasteiger partial charge in [-0.25, -0.2) is 8.42 Å². The predicted octanol–water partition coefficient (Wildman–Crippen LogP) is 3.98. The van der Waals surface area contributed by atoms with Crippen LogP contribution < -0.4 is 5.32 Å². The van der Waals surface area contributed by atoms with Gasteiger partial charge in [-0.3, -0.25) is 9.48 Å². The van der Waals surface area contributed by atoms with Gasteiger partial charge in [0.15, 0.2) is 0 Å². The fraction of sp³-hybridized carbons (Fsp3) is 0.474. The van der Waals surface area contributed by atoms with E-state index in [-0.39, 0.29) is 45.4 Å². The molecular weight excluding hydrogens is 435 g/mol. The van der Waals surface area contributed by atoms with Crippen molar-refractivity contribution in [1.82, 2.24) is 14.1 Å². The van der Waals surface area contributed by atoms with Gasteiger partial charge < -0.3 is 5.32 Å². The average Bonchev–Trinajstić information content (AvgIpc) is 3.10. The van der Waals surface area contributed by atoms with Crippen LogP contribution in [0.1, 0.15) is 33.6 Å². The highest BCUT2D eigenvalue weighted by Gasteiger charge is 2.34. The molecule has 0 unspecified atom stereocenters. The summed E-state index contributed by atoms with van der Waals surface area (Å²) in [5, 5.41) is 7.33. The van der Waals surface area contributed by atoms with Crippen molar-refractivity contribution in [3.8, 4) is 0 Å². The number of piperidine rings is 1. The van der Waals surface area contributed by atoms with E-state index in [1.54, 1.807) is 23.1 Å². The fourth-order valence-corrected chi connectivity index (χ4v) is 5.78. The lowest BCUT2D eigenvalue weighted by Crippen LogP contribution is -2.41. The first-order valence-corrected chi connectivity index (χ1v) is 11.5. The van der Waals surface area contributed by atoms with E-state index in [4.69, 9.17) is 23.2 Å².